The number of ether oxygens (including phenoxy) is 1. The Balaban J connectivity index is 2.31. The van der Waals surface area contributed by atoms with E-state index in [2.05, 4.69) is 52.8 Å². The van der Waals surface area contributed by atoms with Crippen LogP contribution in [0.3, 0.4) is 0 Å². The number of hydrogen-bond acceptors (Lipinski definition) is 2. The summed E-state index contributed by atoms with van der Waals surface area (Å²) in [5.41, 5.74) is 1.05. The average Bonchev–Trinajstić information content (AvgIpc) is 2.25. The molecule has 2 rings (SSSR count). The fourth-order valence-electron chi connectivity index (χ4n) is 1.31. The Hall–Kier alpha value is -0.390. The van der Waals surface area contributed by atoms with Crippen LogP contribution in [-0.2, 0) is 0 Å². The third-order valence-corrected chi connectivity index (χ3v) is 3.61. The quantitative estimate of drug-likeness (QED) is 0.641. The van der Waals surface area contributed by atoms with E-state index < -0.39 is 0 Å². The SMILES string of the molecule is Cc1cc(Br)ccc1Oc1ncc(Br)cc1Br. The maximum Gasteiger partial charge on any atom is 0.233 e. The van der Waals surface area contributed by atoms with Gasteiger partial charge >= 0.3 is 0 Å². The summed E-state index contributed by atoms with van der Waals surface area (Å²) in [5.74, 6) is 1.35. The van der Waals surface area contributed by atoms with E-state index in [-0.39, 0.29) is 0 Å². The van der Waals surface area contributed by atoms with Crippen molar-refractivity contribution in [3.63, 3.8) is 0 Å². The molecule has 1 aromatic carbocycles. The highest BCUT2D eigenvalue weighted by molar-refractivity contribution is 9.11. The second kappa shape index (κ2) is 5.50. The van der Waals surface area contributed by atoms with Crippen molar-refractivity contribution in [3.05, 3.63) is 49.4 Å². The highest BCUT2D eigenvalue weighted by atomic mass is 79.9. The molecule has 0 atom stereocenters. The molecule has 0 unspecified atom stereocenters. The van der Waals surface area contributed by atoms with E-state index in [0.29, 0.717) is 5.88 Å². The predicted molar refractivity (Wildman–Crippen MR) is 78.6 cm³/mol. The van der Waals surface area contributed by atoms with Gasteiger partial charge in [-0.1, -0.05) is 15.9 Å². The summed E-state index contributed by atoms with van der Waals surface area (Å²) in [5, 5.41) is 0. The summed E-state index contributed by atoms with van der Waals surface area (Å²) in [6.07, 6.45) is 1.70. The van der Waals surface area contributed by atoms with Crippen LogP contribution in [0.4, 0.5) is 0 Å². The molecule has 17 heavy (non-hydrogen) atoms. The molecule has 0 aliphatic carbocycles. The third kappa shape index (κ3) is 3.30. The van der Waals surface area contributed by atoms with Crippen molar-refractivity contribution in [2.75, 3.05) is 0 Å². The lowest BCUT2D eigenvalue weighted by molar-refractivity contribution is 0.456. The van der Waals surface area contributed by atoms with Crippen LogP contribution in [0.15, 0.2) is 43.9 Å². The minimum atomic E-state index is 0.554. The maximum atomic E-state index is 5.75. The standard InChI is InChI=1S/C12H8Br3NO/c1-7-4-8(13)2-3-11(7)17-12-10(15)5-9(14)6-16-12/h2-6H,1H3. The Morgan fingerprint density at radius 3 is 2.47 bits per heavy atom. The van der Waals surface area contributed by atoms with E-state index in [1.807, 2.05) is 31.2 Å². The summed E-state index contributed by atoms with van der Waals surface area (Å²) in [6.45, 7) is 1.99. The maximum absolute atomic E-state index is 5.75. The van der Waals surface area contributed by atoms with Crippen molar-refractivity contribution in [1.82, 2.24) is 4.98 Å². The van der Waals surface area contributed by atoms with Crippen LogP contribution in [0.5, 0.6) is 11.6 Å². The molecule has 1 heterocycles. The van der Waals surface area contributed by atoms with Crippen molar-refractivity contribution < 1.29 is 4.74 Å². The topological polar surface area (TPSA) is 22.1 Å². The molecular weight excluding hydrogens is 414 g/mol. The predicted octanol–water partition coefficient (Wildman–Crippen LogP) is 5.47. The first kappa shape index (κ1) is 13.1. The number of aryl methyl sites for hydroxylation is 1. The highest BCUT2D eigenvalue weighted by Gasteiger charge is 2.07. The van der Waals surface area contributed by atoms with Gasteiger partial charge in [0.25, 0.3) is 0 Å². The van der Waals surface area contributed by atoms with E-state index in [1.165, 1.54) is 0 Å². The van der Waals surface area contributed by atoms with E-state index in [9.17, 15) is 0 Å². The van der Waals surface area contributed by atoms with Gasteiger partial charge in [0.1, 0.15) is 5.75 Å². The summed E-state index contributed by atoms with van der Waals surface area (Å²) in [7, 11) is 0. The van der Waals surface area contributed by atoms with Gasteiger partial charge in [0, 0.05) is 15.1 Å². The molecule has 5 heteroatoms. The van der Waals surface area contributed by atoms with Gasteiger partial charge in [0.2, 0.25) is 5.88 Å². The normalized spacial score (nSPS) is 10.4. The zero-order chi connectivity index (χ0) is 12.4. The monoisotopic (exact) mass is 419 g/mol. The molecule has 0 spiro atoms. The van der Waals surface area contributed by atoms with Gasteiger partial charge in [-0.25, -0.2) is 4.98 Å². The molecule has 0 aliphatic rings. The lowest BCUT2D eigenvalue weighted by Gasteiger charge is -2.09. The third-order valence-electron chi connectivity index (χ3n) is 2.12. The number of halogens is 3. The van der Waals surface area contributed by atoms with Crippen molar-refractivity contribution in [2.24, 2.45) is 0 Å². The molecule has 2 nitrogen and oxygen atoms in total. The molecule has 88 valence electrons. The first-order valence-corrected chi connectivity index (χ1v) is 7.19. The molecule has 0 saturated heterocycles. The van der Waals surface area contributed by atoms with Crippen LogP contribution in [0.25, 0.3) is 0 Å². The Morgan fingerprint density at radius 2 is 1.82 bits per heavy atom. The highest BCUT2D eigenvalue weighted by Crippen LogP contribution is 2.31. The van der Waals surface area contributed by atoms with Crippen LogP contribution in [0, 0.1) is 6.92 Å². The van der Waals surface area contributed by atoms with Crippen LogP contribution >= 0.6 is 47.8 Å². The Morgan fingerprint density at radius 1 is 1.06 bits per heavy atom. The van der Waals surface area contributed by atoms with E-state index in [1.54, 1.807) is 6.20 Å². The second-order valence-electron chi connectivity index (χ2n) is 3.45. The van der Waals surface area contributed by atoms with Gasteiger partial charge in [0.15, 0.2) is 0 Å². The second-order valence-corrected chi connectivity index (χ2v) is 6.14. The molecule has 0 aliphatic heterocycles. The molecule has 0 N–H and O–H groups in total. The van der Waals surface area contributed by atoms with Gasteiger partial charge in [-0.3, -0.25) is 0 Å². The first-order chi connectivity index (χ1) is 8.06. The van der Waals surface area contributed by atoms with Gasteiger partial charge in [0.05, 0.1) is 4.47 Å². The summed E-state index contributed by atoms with van der Waals surface area (Å²) >= 11 is 10.2. The molecule has 0 fully saturated rings. The number of nitrogens with zero attached hydrogens (tertiary/aromatic N) is 1. The van der Waals surface area contributed by atoms with E-state index in [0.717, 1.165) is 24.7 Å². The van der Waals surface area contributed by atoms with Crippen LogP contribution < -0.4 is 4.74 Å². The minimum Gasteiger partial charge on any atom is -0.438 e. The Kier molecular flexibility index (Phi) is 4.22. The average molecular weight is 422 g/mol. The van der Waals surface area contributed by atoms with Crippen LogP contribution in [0.2, 0.25) is 0 Å². The lowest BCUT2D eigenvalue weighted by Crippen LogP contribution is -1.91. The van der Waals surface area contributed by atoms with Crippen LogP contribution in [0.1, 0.15) is 5.56 Å². The number of aromatic nitrogens is 1. The van der Waals surface area contributed by atoms with Gasteiger partial charge < -0.3 is 4.74 Å². The molecule has 0 bridgehead atoms. The molecule has 0 radical (unpaired) electrons. The van der Waals surface area contributed by atoms with Gasteiger partial charge in [-0.05, 0) is 68.6 Å². The fraction of sp³-hybridized carbons (Fsp3) is 0.0833. The van der Waals surface area contributed by atoms with Gasteiger partial charge in [-0.2, -0.15) is 0 Å². The van der Waals surface area contributed by atoms with Crippen molar-refractivity contribution in [2.45, 2.75) is 6.92 Å². The molecule has 2 aromatic rings. The zero-order valence-corrected chi connectivity index (χ0v) is 13.6. The summed E-state index contributed by atoms with van der Waals surface area (Å²) < 4.78 is 8.50. The molecule has 1 aromatic heterocycles. The lowest BCUT2D eigenvalue weighted by atomic mass is 10.2. The fourth-order valence-corrected chi connectivity index (χ4v) is 2.85. The molecule has 0 amide bonds. The summed E-state index contributed by atoms with van der Waals surface area (Å²) in [4.78, 5) is 4.21. The smallest absolute Gasteiger partial charge is 0.233 e. The number of hydrogen-bond donors (Lipinski definition) is 0. The largest absolute Gasteiger partial charge is 0.438 e. The van der Waals surface area contributed by atoms with E-state index in [4.69, 9.17) is 4.74 Å². The first-order valence-electron chi connectivity index (χ1n) is 4.81. The van der Waals surface area contributed by atoms with E-state index >= 15 is 0 Å². The number of pyridine rings is 1. The van der Waals surface area contributed by atoms with Crippen LogP contribution in [-0.4, -0.2) is 4.98 Å². The summed E-state index contributed by atoms with van der Waals surface area (Å²) in [6, 6.07) is 7.75. The van der Waals surface area contributed by atoms with Gasteiger partial charge in [-0.15, -0.1) is 0 Å². The van der Waals surface area contributed by atoms with Crippen molar-refractivity contribution in [1.29, 1.82) is 0 Å². The number of benzene rings is 1. The molecular formula is C12H8Br3NO. The minimum absolute atomic E-state index is 0.554. The molecule has 0 saturated carbocycles. The zero-order valence-electron chi connectivity index (χ0n) is 8.88. The van der Waals surface area contributed by atoms with Crippen molar-refractivity contribution >= 4 is 47.8 Å². The van der Waals surface area contributed by atoms with Crippen molar-refractivity contribution in [3.8, 4) is 11.6 Å². The number of rotatable bonds is 2. The Bertz CT molecular complexity index is 508. The Labute approximate surface area is 125 Å².